The lowest BCUT2D eigenvalue weighted by Gasteiger charge is -2.32. The van der Waals surface area contributed by atoms with Gasteiger partial charge in [-0.3, -0.25) is 4.79 Å². The SMILES string of the molecule is CC(C)(C)OC(C)(C)C.CC12CCC(CC1=O)C2(C)C. The molecule has 2 atom stereocenters. The Balaban J connectivity index is 0.000000206. The Bertz CT molecular complexity index is 356. The Labute approximate surface area is 125 Å². The number of ether oxygens (including phenoxy) is 1. The first-order chi connectivity index (χ1) is 8.69. The molecule has 2 saturated carbocycles. The summed E-state index contributed by atoms with van der Waals surface area (Å²) in [6.07, 6.45) is 3.25. The van der Waals surface area contributed by atoms with E-state index in [1.54, 1.807) is 0 Å². The van der Waals surface area contributed by atoms with E-state index >= 15 is 0 Å². The highest BCUT2D eigenvalue weighted by Crippen LogP contribution is 2.63. The average molecular weight is 282 g/mol. The number of fused-ring (bicyclic) bond motifs is 2. The highest BCUT2D eigenvalue weighted by atomic mass is 16.5. The van der Waals surface area contributed by atoms with Gasteiger partial charge >= 0.3 is 0 Å². The summed E-state index contributed by atoms with van der Waals surface area (Å²) in [5, 5.41) is 0. The van der Waals surface area contributed by atoms with E-state index in [-0.39, 0.29) is 22.0 Å². The molecule has 0 saturated heterocycles. The molecule has 2 heteroatoms. The first-order valence-electron chi connectivity index (χ1n) is 7.92. The van der Waals surface area contributed by atoms with Gasteiger partial charge in [0.1, 0.15) is 5.78 Å². The molecule has 0 amide bonds. The molecule has 0 N–H and O–H groups in total. The van der Waals surface area contributed by atoms with Crippen molar-refractivity contribution in [2.24, 2.45) is 16.7 Å². The lowest BCUT2D eigenvalue weighted by atomic mass is 9.70. The van der Waals surface area contributed by atoms with E-state index in [1.165, 1.54) is 6.42 Å². The molecule has 2 rings (SSSR count). The van der Waals surface area contributed by atoms with Gasteiger partial charge in [-0.2, -0.15) is 0 Å². The molecular formula is C18H34O2. The van der Waals surface area contributed by atoms with Gasteiger partial charge in [-0.25, -0.2) is 0 Å². The van der Waals surface area contributed by atoms with Crippen molar-refractivity contribution in [2.75, 3.05) is 0 Å². The minimum Gasteiger partial charge on any atom is -0.370 e. The molecule has 2 fully saturated rings. The van der Waals surface area contributed by atoms with Crippen molar-refractivity contribution in [2.45, 2.75) is 92.8 Å². The third-order valence-electron chi connectivity index (χ3n) is 5.10. The largest absolute Gasteiger partial charge is 0.370 e. The molecule has 2 nitrogen and oxygen atoms in total. The van der Waals surface area contributed by atoms with E-state index in [4.69, 9.17) is 4.74 Å². The molecular weight excluding hydrogens is 248 g/mol. The van der Waals surface area contributed by atoms with E-state index in [0.717, 1.165) is 12.8 Å². The van der Waals surface area contributed by atoms with Crippen molar-refractivity contribution >= 4 is 5.78 Å². The molecule has 2 unspecified atom stereocenters. The summed E-state index contributed by atoms with van der Waals surface area (Å²) in [5.74, 6) is 1.19. The molecule has 0 spiro atoms. The number of carbonyl (C=O) groups is 1. The van der Waals surface area contributed by atoms with Crippen molar-refractivity contribution in [3.63, 3.8) is 0 Å². The molecule has 0 aromatic carbocycles. The van der Waals surface area contributed by atoms with Crippen molar-refractivity contribution < 1.29 is 9.53 Å². The third kappa shape index (κ3) is 3.63. The summed E-state index contributed by atoms with van der Waals surface area (Å²) in [6.45, 7) is 19.1. The van der Waals surface area contributed by atoms with Crippen LogP contribution in [0.1, 0.15) is 81.6 Å². The molecule has 0 heterocycles. The van der Waals surface area contributed by atoms with Crippen LogP contribution in [0.4, 0.5) is 0 Å². The van der Waals surface area contributed by atoms with Gasteiger partial charge in [0.05, 0.1) is 11.2 Å². The number of Topliss-reactive ketones (excluding diaryl/α,β-unsaturated/α-hetero) is 1. The summed E-state index contributed by atoms with van der Waals surface area (Å²) < 4.78 is 5.62. The third-order valence-corrected chi connectivity index (χ3v) is 5.10. The van der Waals surface area contributed by atoms with Gasteiger partial charge < -0.3 is 4.74 Å². The second-order valence-electron chi connectivity index (χ2n) is 9.24. The topological polar surface area (TPSA) is 26.3 Å². The van der Waals surface area contributed by atoms with E-state index < -0.39 is 0 Å². The van der Waals surface area contributed by atoms with E-state index in [1.807, 2.05) is 0 Å². The number of rotatable bonds is 0. The molecule has 2 aliphatic carbocycles. The molecule has 0 aliphatic heterocycles. The number of hydrogen-bond acceptors (Lipinski definition) is 2. The van der Waals surface area contributed by atoms with Gasteiger partial charge in [-0.05, 0) is 65.7 Å². The molecule has 0 aromatic rings. The van der Waals surface area contributed by atoms with Crippen LogP contribution >= 0.6 is 0 Å². The van der Waals surface area contributed by atoms with Crippen LogP contribution in [0.3, 0.4) is 0 Å². The van der Waals surface area contributed by atoms with Crippen LogP contribution in [0.15, 0.2) is 0 Å². The smallest absolute Gasteiger partial charge is 0.139 e. The van der Waals surface area contributed by atoms with Gasteiger partial charge in [0, 0.05) is 11.8 Å². The maximum atomic E-state index is 11.6. The van der Waals surface area contributed by atoms with Crippen LogP contribution in [0.2, 0.25) is 0 Å². The second-order valence-corrected chi connectivity index (χ2v) is 9.24. The summed E-state index contributed by atoms with van der Waals surface area (Å²) >= 11 is 0. The van der Waals surface area contributed by atoms with Crippen LogP contribution in [0.25, 0.3) is 0 Å². The zero-order chi connectivity index (χ0) is 16.0. The Morgan fingerprint density at radius 1 is 1.00 bits per heavy atom. The molecule has 0 radical (unpaired) electrons. The van der Waals surface area contributed by atoms with Gasteiger partial charge in [0.15, 0.2) is 0 Å². The summed E-state index contributed by atoms with van der Waals surface area (Å²) in [5.41, 5.74) is 0.276. The fraction of sp³-hybridized carbons (Fsp3) is 0.944. The first-order valence-corrected chi connectivity index (χ1v) is 7.92. The monoisotopic (exact) mass is 282 g/mol. The maximum absolute atomic E-state index is 11.6. The normalized spacial score (nSPS) is 32.0. The summed E-state index contributed by atoms with van der Waals surface area (Å²) in [7, 11) is 0. The minimum absolute atomic E-state index is 0.0156. The van der Waals surface area contributed by atoms with Gasteiger partial charge in [0.25, 0.3) is 0 Å². The zero-order valence-electron chi connectivity index (χ0n) is 15.0. The lowest BCUT2D eigenvalue weighted by molar-refractivity contribution is -0.128. The van der Waals surface area contributed by atoms with E-state index in [2.05, 4.69) is 62.3 Å². The number of ketones is 1. The van der Waals surface area contributed by atoms with Gasteiger partial charge in [-0.1, -0.05) is 20.8 Å². The highest BCUT2D eigenvalue weighted by Gasteiger charge is 2.61. The van der Waals surface area contributed by atoms with Crippen LogP contribution in [0, 0.1) is 16.7 Å². The van der Waals surface area contributed by atoms with Crippen LogP contribution in [0.5, 0.6) is 0 Å². The van der Waals surface area contributed by atoms with Gasteiger partial charge in [-0.15, -0.1) is 0 Å². The molecule has 20 heavy (non-hydrogen) atoms. The highest BCUT2D eigenvalue weighted by molar-refractivity contribution is 5.89. The Kier molecular flexibility index (Phi) is 4.53. The quantitative estimate of drug-likeness (QED) is 0.625. The molecule has 118 valence electrons. The predicted octanol–water partition coefficient (Wildman–Crippen LogP) is 5.00. The Hall–Kier alpha value is -0.370. The minimum atomic E-state index is -0.0156. The maximum Gasteiger partial charge on any atom is 0.139 e. The van der Waals surface area contributed by atoms with Gasteiger partial charge in [0.2, 0.25) is 0 Å². The van der Waals surface area contributed by atoms with Crippen molar-refractivity contribution in [1.29, 1.82) is 0 Å². The molecule has 0 aromatic heterocycles. The Morgan fingerprint density at radius 2 is 1.45 bits per heavy atom. The lowest BCUT2D eigenvalue weighted by Crippen LogP contribution is -2.32. The zero-order valence-corrected chi connectivity index (χ0v) is 15.0. The first kappa shape index (κ1) is 17.7. The van der Waals surface area contributed by atoms with Crippen LogP contribution in [-0.2, 0) is 9.53 Å². The molecule has 2 aliphatic rings. The van der Waals surface area contributed by atoms with Crippen LogP contribution in [-0.4, -0.2) is 17.0 Å². The predicted molar refractivity (Wildman–Crippen MR) is 84.8 cm³/mol. The fourth-order valence-corrected chi connectivity index (χ4v) is 3.82. The Morgan fingerprint density at radius 3 is 1.55 bits per heavy atom. The van der Waals surface area contributed by atoms with E-state index in [9.17, 15) is 4.79 Å². The summed E-state index contributed by atoms with van der Waals surface area (Å²) in [6, 6.07) is 0. The standard InChI is InChI=1S/C10H16O.C8H18O/c1-9(2)7-4-5-10(9,3)8(11)6-7;1-7(2,3)9-8(4,5)6/h7H,4-6H2,1-3H3;1-6H3. The summed E-state index contributed by atoms with van der Waals surface area (Å²) in [4.78, 5) is 11.6. The van der Waals surface area contributed by atoms with Crippen molar-refractivity contribution in [3.8, 4) is 0 Å². The van der Waals surface area contributed by atoms with Crippen LogP contribution < -0.4 is 0 Å². The van der Waals surface area contributed by atoms with E-state index in [0.29, 0.717) is 11.7 Å². The second kappa shape index (κ2) is 5.12. The number of hydrogen-bond donors (Lipinski definition) is 0. The molecule has 2 bridgehead atoms. The van der Waals surface area contributed by atoms with Crippen molar-refractivity contribution in [3.05, 3.63) is 0 Å². The fourth-order valence-electron chi connectivity index (χ4n) is 3.82. The number of carbonyl (C=O) groups excluding carboxylic acids is 1. The van der Waals surface area contributed by atoms with Crippen molar-refractivity contribution in [1.82, 2.24) is 0 Å². The average Bonchev–Trinajstić information content (AvgIpc) is 2.45.